The number of nitrogens with zero attached hydrogens (tertiary/aromatic N) is 2. The van der Waals surface area contributed by atoms with Crippen molar-refractivity contribution in [1.82, 2.24) is 9.80 Å². The van der Waals surface area contributed by atoms with Gasteiger partial charge in [0.05, 0.1) is 11.5 Å². The van der Waals surface area contributed by atoms with Gasteiger partial charge in [-0.25, -0.2) is 4.79 Å². The normalized spacial score (nSPS) is 29.6. The number of hydrogen-bond acceptors (Lipinski definition) is 5. The van der Waals surface area contributed by atoms with Crippen LogP contribution in [0.1, 0.15) is 50.7 Å². The fourth-order valence-corrected chi connectivity index (χ4v) is 5.38. The molecule has 0 saturated heterocycles. The maximum atomic E-state index is 12.6. The van der Waals surface area contributed by atoms with Crippen LogP contribution in [0.15, 0.2) is 24.3 Å². The first kappa shape index (κ1) is 19.9. The third kappa shape index (κ3) is 3.30. The van der Waals surface area contributed by atoms with Crippen molar-refractivity contribution >= 4 is 6.09 Å². The van der Waals surface area contributed by atoms with Crippen LogP contribution in [0.2, 0.25) is 0 Å². The molecule has 6 nitrogen and oxygen atoms in total. The molecule has 162 valence electrons. The van der Waals surface area contributed by atoms with Gasteiger partial charge in [0.15, 0.2) is 11.5 Å². The van der Waals surface area contributed by atoms with Gasteiger partial charge in [-0.1, -0.05) is 18.2 Å². The van der Waals surface area contributed by atoms with Crippen LogP contribution in [0.25, 0.3) is 0 Å². The molecule has 6 heteroatoms. The van der Waals surface area contributed by atoms with E-state index in [1.807, 2.05) is 26.0 Å². The van der Waals surface area contributed by atoms with Crippen LogP contribution in [0.4, 0.5) is 4.79 Å². The third-order valence-corrected chi connectivity index (χ3v) is 7.25. The van der Waals surface area contributed by atoms with Crippen LogP contribution in [0.3, 0.4) is 0 Å². The maximum absolute atomic E-state index is 12.6. The van der Waals surface area contributed by atoms with E-state index in [9.17, 15) is 9.90 Å². The number of rotatable bonds is 5. The van der Waals surface area contributed by atoms with Gasteiger partial charge in [0, 0.05) is 38.2 Å². The highest BCUT2D eigenvalue weighted by molar-refractivity contribution is 5.73. The highest BCUT2D eigenvalue weighted by Crippen LogP contribution is 2.56. The summed E-state index contributed by atoms with van der Waals surface area (Å²) in [6, 6.07) is 4.00. The van der Waals surface area contributed by atoms with Crippen LogP contribution in [-0.2, 0) is 12.0 Å². The van der Waals surface area contributed by atoms with Gasteiger partial charge in [-0.2, -0.15) is 0 Å². The summed E-state index contributed by atoms with van der Waals surface area (Å²) in [6.45, 7) is 8.17. The van der Waals surface area contributed by atoms with Crippen molar-refractivity contribution in [1.29, 1.82) is 0 Å². The molecule has 1 aromatic rings. The summed E-state index contributed by atoms with van der Waals surface area (Å²) in [6.07, 6.45) is 7.34. The van der Waals surface area contributed by atoms with E-state index in [2.05, 4.69) is 17.0 Å². The Kier molecular flexibility index (Phi) is 5.02. The molecule has 0 bridgehead atoms. The number of benzene rings is 1. The Hall–Kier alpha value is -2.05. The Bertz CT molecular complexity index is 861. The molecular formula is C24H32N2O4. The van der Waals surface area contributed by atoms with Crippen molar-refractivity contribution in [3.8, 4) is 11.5 Å². The predicted octanol–water partition coefficient (Wildman–Crippen LogP) is 3.46. The van der Waals surface area contributed by atoms with Gasteiger partial charge in [0.25, 0.3) is 0 Å². The lowest BCUT2D eigenvalue weighted by molar-refractivity contribution is 0.0802. The highest BCUT2D eigenvalue weighted by Gasteiger charge is 2.53. The molecule has 1 saturated carbocycles. The number of carbonyl (C=O) groups is 1. The van der Waals surface area contributed by atoms with Crippen LogP contribution in [0, 0.1) is 5.92 Å². The van der Waals surface area contributed by atoms with E-state index < -0.39 is 6.10 Å². The number of ether oxygens (including phenoxy) is 2. The Balaban J connectivity index is 1.53. The van der Waals surface area contributed by atoms with Crippen molar-refractivity contribution in [3.63, 3.8) is 0 Å². The molecule has 5 rings (SSSR count). The first-order chi connectivity index (χ1) is 14.5. The van der Waals surface area contributed by atoms with Crippen molar-refractivity contribution in [2.24, 2.45) is 5.92 Å². The SMILES string of the molecule is CCN(CC)C(=O)Oc1ccc2c3c1O[C@H]1C[C@@H](O)C=C[C@@]31CCN(CC1CC1)C2. The molecule has 2 aliphatic carbocycles. The zero-order valence-electron chi connectivity index (χ0n) is 18.0. The minimum atomic E-state index is -0.495. The van der Waals surface area contributed by atoms with Gasteiger partial charge in [-0.05, 0) is 57.2 Å². The van der Waals surface area contributed by atoms with Crippen LogP contribution in [-0.4, -0.2) is 59.4 Å². The number of hydrogen-bond donors (Lipinski definition) is 1. The van der Waals surface area contributed by atoms with E-state index >= 15 is 0 Å². The Morgan fingerprint density at radius 2 is 2.13 bits per heavy atom. The Morgan fingerprint density at radius 1 is 1.33 bits per heavy atom. The molecule has 30 heavy (non-hydrogen) atoms. The van der Waals surface area contributed by atoms with Gasteiger partial charge in [0.1, 0.15) is 6.10 Å². The molecule has 0 aromatic heterocycles. The average molecular weight is 413 g/mol. The summed E-state index contributed by atoms with van der Waals surface area (Å²) in [7, 11) is 0. The second-order valence-electron chi connectivity index (χ2n) is 9.20. The molecule has 3 atom stereocenters. The number of carbonyl (C=O) groups excluding carboxylic acids is 1. The lowest BCUT2D eigenvalue weighted by Crippen LogP contribution is -2.43. The standard InChI is InChI=1S/C24H32N2O4/c1-3-26(4-2)23(28)29-19-8-7-17-15-25(14-16-5-6-16)12-11-24-10-9-18(27)13-20(24)30-22(19)21(17)24/h7-10,16,18,20,27H,3-6,11-15H2,1-2H3/t18-,20-,24-/m0/s1. The van der Waals surface area contributed by atoms with Crippen LogP contribution >= 0.6 is 0 Å². The zero-order chi connectivity index (χ0) is 20.9. The molecule has 1 amide bonds. The number of aliphatic hydroxyl groups is 1. The zero-order valence-corrected chi connectivity index (χ0v) is 18.0. The fourth-order valence-electron chi connectivity index (χ4n) is 5.38. The van der Waals surface area contributed by atoms with E-state index in [0.717, 1.165) is 32.0 Å². The predicted molar refractivity (Wildman–Crippen MR) is 114 cm³/mol. The Labute approximate surface area is 178 Å². The summed E-state index contributed by atoms with van der Waals surface area (Å²) >= 11 is 0. The second kappa shape index (κ2) is 7.57. The number of aliphatic hydroxyl groups excluding tert-OH is 1. The molecule has 1 aromatic carbocycles. The third-order valence-electron chi connectivity index (χ3n) is 7.25. The van der Waals surface area contributed by atoms with Gasteiger partial charge in [-0.15, -0.1) is 0 Å². The van der Waals surface area contributed by atoms with Gasteiger partial charge >= 0.3 is 6.09 Å². The van der Waals surface area contributed by atoms with E-state index in [-0.39, 0.29) is 17.6 Å². The minimum Gasteiger partial charge on any atom is -0.485 e. The molecule has 1 N–H and O–H groups in total. The summed E-state index contributed by atoms with van der Waals surface area (Å²) in [4.78, 5) is 16.9. The van der Waals surface area contributed by atoms with E-state index in [0.29, 0.717) is 31.0 Å². The first-order valence-electron chi connectivity index (χ1n) is 11.4. The smallest absolute Gasteiger partial charge is 0.415 e. The Morgan fingerprint density at radius 3 is 2.87 bits per heavy atom. The fraction of sp³-hybridized carbons (Fsp3) is 0.625. The van der Waals surface area contributed by atoms with Crippen LogP contribution in [0.5, 0.6) is 11.5 Å². The molecule has 1 fully saturated rings. The van der Waals surface area contributed by atoms with E-state index in [1.165, 1.54) is 24.0 Å². The molecule has 2 heterocycles. The number of amides is 1. The monoisotopic (exact) mass is 412 g/mol. The summed E-state index contributed by atoms with van der Waals surface area (Å²) in [5.41, 5.74) is 2.17. The topological polar surface area (TPSA) is 62.2 Å². The van der Waals surface area contributed by atoms with Crippen LogP contribution < -0.4 is 9.47 Å². The molecule has 0 radical (unpaired) electrons. The van der Waals surface area contributed by atoms with Crippen molar-refractivity contribution in [2.45, 2.75) is 63.7 Å². The molecule has 0 unspecified atom stereocenters. The summed E-state index contributed by atoms with van der Waals surface area (Å²) in [5, 5.41) is 10.3. The van der Waals surface area contributed by atoms with Crippen molar-refractivity contribution < 1.29 is 19.4 Å². The quantitative estimate of drug-likeness (QED) is 0.751. The molecule has 1 spiro atoms. The lowest BCUT2D eigenvalue weighted by Gasteiger charge is -2.35. The average Bonchev–Trinajstić information content (AvgIpc) is 3.50. The van der Waals surface area contributed by atoms with E-state index in [1.54, 1.807) is 4.90 Å². The molecular weight excluding hydrogens is 380 g/mol. The van der Waals surface area contributed by atoms with E-state index in [4.69, 9.17) is 9.47 Å². The van der Waals surface area contributed by atoms with Gasteiger partial charge in [0.2, 0.25) is 0 Å². The maximum Gasteiger partial charge on any atom is 0.415 e. The lowest BCUT2D eigenvalue weighted by atomic mass is 9.69. The van der Waals surface area contributed by atoms with Crippen molar-refractivity contribution in [2.75, 3.05) is 26.2 Å². The first-order valence-corrected chi connectivity index (χ1v) is 11.4. The molecule has 4 aliphatic rings. The highest BCUT2D eigenvalue weighted by atomic mass is 16.6. The summed E-state index contributed by atoms with van der Waals surface area (Å²) < 4.78 is 12.2. The molecule has 2 aliphatic heterocycles. The second-order valence-corrected chi connectivity index (χ2v) is 9.20. The minimum absolute atomic E-state index is 0.125. The van der Waals surface area contributed by atoms with Gasteiger partial charge in [-0.3, -0.25) is 4.90 Å². The summed E-state index contributed by atoms with van der Waals surface area (Å²) in [5.74, 6) is 2.04. The largest absolute Gasteiger partial charge is 0.485 e. The van der Waals surface area contributed by atoms with Gasteiger partial charge < -0.3 is 19.5 Å². The van der Waals surface area contributed by atoms with Crippen molar-refractivity contribution in [3.05, 3.63) is 35.4 Å².